The Hall–Kier alpha value is -0.610. The largest absolute Gasteiger partial charge is 0.460 e. The highest BCUT2D eigenvalue weighted by atomic mass is 16.6. The number of aliphatic hydroxyl groups excluding tert-OH is 1. The number of fused-ring (bicyclic) bond motifs is 1. The lowest BCUT2D eigenvalue weighted by Crippen LogP contribution is -2.51. The average Bonchev–Trinajstić information content (AvgIpc) is 2.59. The molecule has 1 N–H and O–H groups in total. The van der Waals surface area contributed by atoms with Gasteiger partial charge in [0.2, 0.25) is 0 Å². The van der Waals surface area contributed by atoms with Crippen molar-refractivity contribution in [3.8, 4) is 0 Å². The van der Waals surface area contributed by atoms with Crippen LogP contribution in [-0.2, 0) is 14.3 Å². The SMILES string of the molecule is CC(=O)O[C@H]1CC[C@]2(C)[C@@H](OC(C)(C)C)CC[C@H]2[C@H]1O. The summed E-state index contributed by atoms with van der Waals surface area (Å²) in [6, 6.07) is 0. The van der Waals surface area contributed by atoms with E-state index in [0.717, 1.165) is 25.7 Å². The van der Waals surface area contributed by atoms with Gasteiger partial charge < -0.3 is 14.6 Å². The van der Waals surface area contributed by atoms with E-state index in [1.54, 1.807) is 0 Å². The topological polar surface area (TPSA) is 55.8 Å². The van der Waals surface area contributed by atoms with E-state index in [2.05, 4.69) is 27.7 Å². The number of rotatable bonds is 2. The first-order valence-electron chi connectivity index (χ1n) is 7.66. The number of hydrogen-bond acceptors (Lipinski definition) is 4. The van der Waals surface area contributed by atoms with E-state index in [9.17, 15) is 9.90 Å². The molecule has 0 unspecified atom stereocenters. The quantitative estimate of drug-likeness (QED) is 0.792. The lowest BCUT2D eigenvalue weighted by molar-refractivity contribution is -0.176. The molecule has 5 atom stereocenters. The number of hydrogen-bond donors (Lipinski definition) is 1. The van der Waals surface area contributed by atoms with Gasteiger partial charge in [-0.25, -0.2) is 0 Å². The van der Waals surface area contributed by atoms with Crippen LogP contribution in [0.15, 0.2) is 0 Å². The molecule has 0 amide bonds. The number of esters is 1. The third-order valence-corrected chi connectivity index (χ3v) is 4.90. The molecular formula is C16H28O4. The zero-order chi connectivity index (χ0) is 15.1. The molecule has 0 aromatic rings. The maximum atomic E-state index is 11.1. The van der Waals surface area contributed by atoms with E-state index in [0.29, 0.717) is 0 Å². The summed E-state index contributed by atoms with van der Waals surface area (Å²) in [4.78, 5) is 11.1. The van der Waals surface area contributed by atoms with Crippen LogP contribution in [0.5, 0.6) is 0 Å². The van der Waals surface area contributed by atoms with Crippen molar-refractivity contribution < 1.29 is 19.4 Å². The molecule has 0 aliphatic heterocycles. The Labute approximate surface area is 121 Å². The van der Waals surface area contributed by atoms with Gasteiger partial charge in [0.1, 0.15) is 6.10 Å². The van der Waals surface area contributed by atoms with Crippen molar-refractivity contribution in [3.05, 3.63) is 0 Å². The second-order valence-corrected chi connectivity index (χ2v) is 7.59. The van der Waals surface area contributed by atoms with Crippen molar-refractivity contribution in [2.45, 2.75) is 84.2 Å². The molecule has 0 heterocycles. The zero-order valence-electron chi connectivity index (χ0n) is 13.3. The Morgan fingerprint density at radius 1 is 1.25 bits per heavy atom. The lowest BCUT2D eigenvalue weighted by atomic mass is 9.66. The van der Waals surface area contributed by atoms with Gasteiger partial charge in [-0.3, -0.25) is 4.79 Å². The predicted octanol–water partition coefficient (Wildman–Crippen LogP) is 2.67. The fourth-order valence-electron chi connectivity index (χ4n) is 3.98. The van der Waals surface area contributed by atoms with Gasteiger partial charge in [-0.15, -0.1) is 0 Å². The summed E-state index contributed by atoms with van der Waals surface area (Å²) in [6.45, 7) is 9.84. The monoisotopic (exact) mass is 284 g/mol. The Morgan fingerprint density at radius 3 is 2.45 bits per heavy atom. The highest BCUT2D eigenvalue weighted by Gasteiger charge is 2.55. The number of carbonyl (C=O) groups excluding carboxylic acids is 1. The van der Waals surface area contributed by atoms with Gasteiger partial charge in [-0.05, 0) is 57.8 Å². The smallest absolute Gasteiger partial charge is 0.302 e. The Bertz CT molecular complexity index is 373. The van der Waals surface area contributed by atoms with E-state index < -0.39 is 6.10 Å². The van der Waals surface area contributed by atoms with Crippen LogP contribution in [0, 0.1) is 11.3 Å². The van der Waals surface area contributed by atoms with Gasteiger partial charge in [-0.2, -0.15) is 0 Å². The fraction of sp³-hybridized carbons (Fsp3) is 0.938. The van der Waals surface area contributed by atoms with Crippen LogP contribution in [0.1, 0.15) is 60.3 Å². The predicted molar refractivity (Wildman–Crippen MR) is 76.3 cm³/mol. The minimum Gasteiger partial charge on any atom is -0.460 e. The van der Waals surface area contributed by atoms with Crippen LogP contribution in [0.2, 0.25) is 0 Å². The van der Waals surface area contributed by atoms with Crippen molar-refractivity contribution in [3.63, 3.8) is 0 Å². The standard InChI is InChI=1S/C16H28O4/c1-10(17)19-12-8-9-16(5)11(14(12)18)6-7-13(16)20-15(2,3)4/h11-14,18H,6-9H2,1-5H3/t11-,12-,13-,14+,16-/m0/s1. The molecule has 2 aliphatic rings. The zero-order valence-corrected chi connectivity index (χ0v) is 13.3. The van der Waals surface area contributed by atoms with Crippen LogP contribution in [-0.4, -0.2) is 35.0 Å². The van der Waals surface area contributed by atoms with Crippen molar-refractivity contribution in [1.82, 2.24) is 0 Å². The second-order valence-electron chi connectivity index (χ2n) is 7.59. The van der Waals surface area contributed by atoms with E-state index >= 15 is 0 Å². The Kier molecular flexibility index (Phi) is 4.18. The van der Waals surface area contributed by atoms with Crippen LogP contribution in [0.4, 0.5) is 0 Å². The van der Waals surface area contributed by atoms with Gasteiger partial charge in [0.25, 0.3) is 0 Å². The highest BCUT2D eigenvalue weighted by molar-refractivity contribution is 5.66. The van der Waals surface area contributed by atoms with Crippen molar-refractivity contribution in [2.24, 2.45) is 11.3 Å². The second kappa shape index (κ2) is 5.30. The molecular weight excluding hydrogens is 256 g/mol. The van der Waals surface area contributed by atoms with Gasteiger partial charge in [0, 0.05) is 6.92 Å². The van der Waals surface area contributed by atoms with Gasteiger partial charge in [-0.1, -0.05) is 6.92 Å². The molecule has 0 saturated heterocycles. The van der Waals surface area contributed by atoms with Gasteiger partial charge in [0.15, 0.2) is 0 Å². The first-order valence-corrected chi connectivity index (χ1v) is 7.66. The summed E-state index contributed by atoms with van der Waals surface area (Å²) in [5.41, 5.74) is -0.177. The van der Waals surface area contributed by atoms with Crippen LogP contribution < -0.4 is 0 Å². The maximum absolute atomic E-state index is 11.1. The number of aliphatic hydroxyl groups is 1. The number of carbonyl (C=O) groups is 1. The summed E-state index contributed by atoms with van der Waals surface area (Å²) in [6.07, 6.45) is 2.84. The molecule has 2 aliphatic carbocycles. The molecule has 116 valence electrons. The van der Waals surface area contributed by atoms with E-state index in [-0.39, 0.29) is 35.1 Å². The Balaban J connectivity index is 2.10. The first kappa shape index (κ1) is 15.8. The molecule has 0 radical (unpaired) electrons. The van der Waals surface area contributed by atoms with Crippen LogP contribution >= 0.6 is 0 Å². The first-order chi connectivity index (χ1) is 9.13. The summed E-state index contributed by atoms with van der Waals surface area (Å²) in [7, 11) is 0. The van der Waals surface area contributed by atoms with E-state index in [1.165, 1.54) is 6.92 Å². The third kappa shape index (κ3) is 3.01. The van der Waals surface area contributed by atoms with E-state index in [1.807, 2.05) is 0 Å². The maximum Gasteiger partial charge on any atom is 0.302 e. The van der Waals surface area contributed by atoms with Gasteiger partial charge >= 0.3 is 5.97 Å². The minimum atomic E-state index is -0.564. The molecule has 2 rings (SSSR count). The highest BCUT2D eigenvalue weighted by Crippen LogP contribution is 2.54. The fourth-order valence-corrected chi connectivity index (χ4v) is 3.98. The van der Waals surface area contributed by atoms with Crippen LogP contribution in [0.3, 0.4) is 0 Å². The lowest BCUT2D eigenvalue weighted by Gasteiger charge is -2.46. The number of ether oxygens (including phenoxy) is 2. The average molecular weight is 284 g/mol. The molecule has 2 fully saturated rings. The normalized spacial score (nSPS) is 41.3. The molecule has 0 bridgehead atoms. The molecule has 4 nitrogen and oxygen atoms in total. The molecule has 2 saturated carbocycles. The molecule has 0 spiro atoms. The summed E-state index contributed by atoms with van der Waals surface area (Å²) >= 11 is 0. The third-order valence-electron chi connectivity index (χ3n) is 4.90. The van der Waals surface area contributed by atoms with Crippen molar-refractivity contribution >= 4 is 5.97 Å². The van der Waals surface area contributed by atoms with E-state index in [4.69, 9.17) is 9.47 Å². The van der Waals surface area contributed by atoms with Crippen molar-refractivity contribution in [2.75, 3.05) is 0 Å². The van der Waals surface area contributed by atoms with Crippen LogP contribution in [0.25, 0.3) is 0 Å². The Morgan fingerprint density at radius 2 is 1.90 bits per heavy atom. The molecule has 4 heteroatoms. The molecule has 0 aromatic carbocycles. The molecule has 20 heavy (non-hydrogen) atoms. The minimum absolute atomic E-state index is 0.0106. The summed E-state index contributed by atoms with van der Waals surface area (Å²) < 4.78 is 11.5. The van der Waals surface area contributed by atoms with Crippen molar-refractivity contribution in [1.29, 1.82) is 0 Å². The summed E-state index contributed by atoms with van der Waals surface area (Å²) in [5, 5.41) is 10.5. The van der Waals surface area contributed by atoms with Gasteiger partial charge in [0.05, 0.1) is 17.8 Å². The summed E-state index contributed by atoms with van der Waals surface area (Å²) in [5.74, 6) is -0.147. The molecule has 0 aromatic heterocycles.